The summed E-state index contributed by atoms with van der Waals surface area (Å²) in [6.45, 7) is 4.48. The molecule has 0 unspecified atom stereocenters. The number of anilines is 2. The van der Waals surface area contributed by atoms with Gasteiger partial charge in [-0.25, -0.2) is 0 Å². The van der Waals surface area contributed by atoms with Gasteiger partial charge in [-0.05, 0) is 19.1 Å². The molecule has 0 saturated carbocycles. The zero-order valence-corrected chi connectivity index (χ0v) is 14.7. The predicted octanol–water partition coefficient (Wildman–Crippen LogP) is 3.31. The molecule has 0 radical (unpaired) electrons. The van der Waals surface area contributed by atoms with Crippen LogP contribution in [0, 0.1) is 6.92 Å². The molecule has 25 heavy (non-hydrogen) atoms. The van der Waals surface area contributed by atoms with E-state index in [1.165, 1.54) is 0 Å². The Balaban J connectivity index is 1.82. The summed E-state index contributed by atoms with van der Waals surface area (Å²) in [5.74, 6) is -1.26. The van der Waals surface area contributed by atoms with Crippen LogP contribution in [0.5, 0.6) is 0 Å². The standard InChI is InChI=1S/C19H19ClN2O3/c1-13-5-7-14(8-6-13)18(23)19(24)21-16-4-2-3-15(20)17(16)22-9-11-25-12-10-22/h2-8H,9-12H2,1H3,(H,21,24). The van der Waals surface area contributed by atoms with Crippen LogP contribution >= 0.6 is 11.6 Å². The van der Waals surface area contributed by atoms with Crippen LogP contribution in [0.4, 0.5) is 11.4 Å². The Morgan fingerprint density at radius 1 is 1.08 bits per heavy atom. The minimum absolute atomic E-state index is 0.359. The highest BCUT2D eigenvalue weighted by atomic mass is 35.5. The van der Waals surface area contributed by atoms with Gasteiger partial charge >= 0.3 is 0 Å². The van der Waals surface area contributed by atoms with Crippen LogP contribution < -0.4 is 10.2 Å². The number of amides is 1. The van der Waals surface area contributed by atoms with Crippen molar-refractivity contribution in [3.8, 4) is 0 Å². The molecule has 0 spiro atoms. The van der Waals surface area contributed by atoms with Gasteiger partial charge in [0.05, 0.1) is 29.6 Å². The molecule has 5 nitrogen and oxygen atoms in total. The monoisotopic (exact) mass is 358 g/mol. The number of hydrogen-bond acceptors (Lipinski definition) is 4. The van der Waals surface area contributed by atoms with Crippen LogP contribution in [-0.2, 0) is 9.53 Å². The fourth-order valence-corrected chi connectivity index (χ4v) is 3.03. The summed E-state index contributed by atoms with van der Waals surface area (Å²) in [7, 11) is 0. The number of carbonyl (C=O) groups is 2. The van der Waals surface area contributed by atoms with E-state index >= 15 is 0 Å². The number of halogens is 1. The topological polar surface area (TPSA) is 58.6 Å². The highest BCUT2D eigenvalue weighted by Gasteiger charge is 2.22. The average molecular weight is 359 g/mol. The van der Waals surface area contributed by atoms with E-state index in [4.69, 9.17) is 16.3 Å². The number of Topliss-reactive ketones (excluding diaryl/α,β-unsaturated/α-hetero) is 1. The van der Waals surface area contributed by atoms with Crippen molar-refractivity contribution in [2.75, 3.05) is 36.5 Å². The van der Waals surface area contributed by atoms with Crippen molar-refractivity contribution < 1.29 is 14.3 Å². The van der Waals surface area contributed by atoms with Gasteiger partial charge in [-0.1, -0.05) is 47.5 Å². The van der Waals surface area contributed by atoms with Crippen LogP contribution in [0.15, 0.2) is 42.5 Å². The first-order valence-corrected chi connectivity index (χ1v) is 8.47. The molecule has 130 valence electrons. The van der Waals surface area contributed by atoms with Crippen LogP contribution in [0.3, 0.4) is 0 Å². The molecule has 1 amide bonds. The second kappa shape index (κ2) is 7.68. The number of benzene rings is 2. The first-order valence-electron chi connectivity index (χ1n) is 8.10. The minimum Gasteiger partial charge on any atom is -0.378 e. The summed E-state index contributed by atoms with van der Waals surface area (Å²) >= 11 is 6.34. The summed E-state index contributed by atoms with van der Waals surface area (Å²) in [6.07, 6.45) is 0. The van der Waals surface area contributed by atoms with Crippen molar-refractivity contribution in [2.24, 2.45) is 0 Å². The van der Waals surface area contributed by atoms with Gasteiger partial charge < -0.3 is 15.0 Å². The number of rotatable bonds is 4. The van der Waals surface area contributed by atoms with E-state index in [0.29, 0.717) is 42.6 Å². The molecule has 0 aromatic heterocycles. The maximum Gasteiger partial charge on any atom is 0.296 e. The second-order valence-corrected chi connectivity index (χ2v) is 6.29. The molecule has 1 aliphatic rings. The van der Waals surface area contributed by atoms with E-state index in [0.717, 1.165) is 11.3 Å². The van der Waals surface area contributed by atoms with E-state index in [-0.39, 0.29) is 0 Å². The molecular formula is C19H19ClN2O3. The quantitative estimate of drug-likeness (QED) is 0.673. The Labute approximate surface area is 151 Å². The summed E-state index contributed by atoms with van der Waals surface area (Å²) in [5, 5.41) is 3.24. The smallest absolute Gasteiger partial charge is 0.296 e. The Morgan fingerprint density at radius 2 is 1.76 bits per heavy atom. The third-order valence-electron chi connectivity index (χ3n) is 4.08. The first kappa shape index (κ1) is 17.5. The summed E-state index contributed by atoms with van der Waals surface area (Å²) in [5.41, 5.74) is 2.64. The average Bonchev–Trinajstić information content (AvgIpc) is 2.62. The van der Waals surface area contributed by atoms with Crippen LogP contribution in [-0.4, -0.2) is 38.0 Å². The van der Waals surface area contributed by atoms with Crippen molar-refractivity contribution >= 4 is 34.7 Å². The van der Waals surface area contributed by atoms with Crippen molar-refractivity contribution in [3.05, 3.63) is 58.6 Å². The van der Waals surface area contributed by atoms with E-state index in [9.17, 15) is 9.59 Å². The lowest BCUT2D eigenvalue weighted by molar-refractivity contribution is -0.112. The zero-order chi connectivity index (χ0) is 17.8. The molecule has 6 heteroatoms. The Hall–Kier alpha value is -2.37. The largest absolute Gasteiger partial charge is 0.378 e. The predicted molar refractivity (Wildman–Crippen MR) is 98.6 cm³/mol. The number of aryl methyl sites for hydroxylation is 1. The molecule has 1 saturated heterocycles. The summed E-state index contributed by atoms with van der Waals surface area (Å²) in [6, 6.07) is 12.2. The summed E-state index contributed by atoms with van der Waals surface area (Å²) in [4.78, 5) is 26.8. The number of ether oxygens (including phenoxy) is 1. The molecule has 3 rings (SSSR count). The molecule has 1 N–H and O–H groups in total. The zero-order valence-electron chi connectivity index (χ0n) is 13.9. The number of morpholine rings is 1. The molecule has 0 bridgehead atoms. The first-order chi connectivity index (χ1) is 12.1. The van der Waals surface area contributed by atoms with Crippen molar-refractivity contribution in [1.29, 1.82) is 0 Å². The maximum atomic E-state index is 12.4. The van der Waals surface area contributed by atoms with Gasteiger partial charge in [0, 0.05) is 18.7 Å². The molecule has 0 atom stereocenters. The molecule has 0 aliphatic carbocycles. The van der Waals surface area contributed by atoms with Gasteiger partial charge in [-0.15, -0.1) is 0 Å². The van der Waals surface area contributed by atoms with E-state index < -0.39 is 11.7 Å². The molecule has 2 aromatic rings. The van der Waals surface area contributed by atoms with Crippen LogP contribution in [0.2, 0.25) is 5.02 Å². The maximum absolute atomic E-state index is 12.4. The second-order valence-electron chi connectivity index (χ2n) is 5.88. The van der Waals surface area contributed by atoms with Gasteiger partial charge in [0.2, 0.25) is 0 Å². The van der Waals surface area contributed by atoms with Gasteiger partial charge in [0.25, 0.3) is 11.7 Å². The molecular weight excluding hydrogens is 340 g/mol. The number of nitrogens with zero attached hydrogens (tertiary/aromatic N) is 1. The van der Waals surface area contributed by atoms with Crippen LogP contribution in [0.25, 0.3) is 0 Å². The fraction of sp³-hybridized carbons (Fsp3) is 0.263. The number of para-hydroxylation sites is 1. The Morgan fingerprint density at radius 3 is 2.44 bits per heavy atom. The Bertz CT molecular complexity index is 784. The number of hydrogen-bond donors (Lipinski definition) is 1. The number of carbonyl (C=O) groups excluding carboxylic acids is 2. The lowest BCUT2D eigenvalue weighted by atomic mass is 10.1. The fourth-order valence-electron chi connectivity index (χ4n) is 2.74. The van der Waals surface area contributed by atoms with E-state index in [1.54, 1.807) is 42.5 Å². The highest BCUT2D eigenvalue weighted by molar-refractivity contribution is 6.47. The lowest BCUT2D eigenvalue weighted by Crippen LogP contribution is -2.37. The number of ketones is 1. The molecule has 1 heterocycles. The molecule has 1 fully saturated rings. The van der Waals surface area contributed by atoms with Crippen LogP contribution in [0.1, 0.15) is 15.9 Å². The van der Waals surface area contributed by atoms with E-state index in [1.807, 2.05) is 6.92 Å². The molecule has 1 aliphatic heterocycles. The Kier molecular flexibility index (Phi) is 5.36. The van der Waals surface area contributed by atoms with Gasteiger partial charge in [0.15, 0.2) is 0 Å². The van der Waals surface area contributed by atoms with Crippen molar-refractivity contribution in [1.82, 2.24) is 0 Å². The molecule has 2 aromatic carbocycles. The van der Waals surface area contributed by atoms with Gasteiger partial charge in [-0.2, -0.15) is 0 Å². The lowest BCUT2D eigenvalue weighted by Gasteiger charge is -2.31. The van der Waals surface area contributed by atoms with Gasteiger partial charge in [0.1, 0.15) is 0 Å². The van der Waals surface area contributed by atoms with Gasteiger partial charge in [-0.3, -0.25) is 9.59 Å². The normalized spacial score (nSPS) is 14.2. The third kappa shape index (κ3) is 4.00. The van der Waals surface area contributed by atoms with E-state index in [2.05, 4.69) is 10.2 Å². The van der Waals surface area contributed by atoms with Crippen molar-refractivity contribution in [2.45, 2.75) is 6.92 Å². The third-order valence-corrected chi connectivity index (χ3v) is 4.39. The highest BCUT2D eigenvalue weighted by Crippen LogP contribution is 2.34. The number of nitrogens with one attached hydrogen (secondary N) is 1. The summed E-state index contributed by atoms with van der Waals surface area (Å²) < 4.78 is 5.36. The SMILES string of the molecule is Cc1ccc(C(=O)C(=O)Nc2cccc(Cl)c2N2CCOCC2)cc1. The van der Waals surface area contributed by atoms with Crippen molar-refractivity contribution in [3.63, 3.8) is 0 Å². The minimum atomic E-state index is -0.680.